The number of ketones is 1. The van der Waals surface area contributed by atoms with Gasteiger partial charge in [0.1, 0.15) is 0 Å². The standard InChI is InChI=1S/C23H21F3N4O4/c1-12-27-21(34-29-12)14-4-2-3-13(5-6-14)19(31)18-22(32)30-10-16(15-7-8-33-11-15)9-17(20(30)28-18)23(24,25)26/h7-11,13-14,32H,2-6H2,1H3. The van der Waals surface area contributed by atoms with Crippen molar-refractivity contribution in [2.45, 2.75) is 51.1 Å². The number of furan rings is 1. The van der Waals surface area contributed by atoms with Crippen LogP contribution in [0.15, 0.2) is 39.8 Å². The maximum absolute atomic E-state index is 13.8. The third-order valence-corrected chi connectivity index (χ3v) is 6.32. The molecule has 8 nitrogen and oxygen atoms in total. The highest BCUT2D eigenvalue weighted by atomic mass is 19.4. The van der Waals surface area contributed by atoms with Crippen molar-refractivity contribution in [1.29, 1.82) is 0 Å². The molecule has 1 aliphatic carbocycles. The van der Waals surface area contributed by atoms with Gasteiger partial charge in [0, 0.05) is 29.2 Å². The molecule has 1 saturated carbocycles. The number of aromatic hydroxyl groups is 1. The summed E-state index contributed by atoms with van der Waals surface area (Å²) in [6, 6.07) is 2.44. The first-order valence-electron chi connectivity index (χ1n) is 10.9. The smallest absolute Gasteiger partial charge is 0.420 e. The van der Waals surface area contributed by atoms with Gasteiger partial charge in [0.15, 0.2) is 22.9 Å². The Morgan fingerprint density at radius 2 is 2.00 bits per heavy atom. The van der Waals surface area contributed by atoms with Gasteiger partial charge >= 0.3 is 6.18 Å². The van der Waals surface area contributed by atoms with Gasteiger partial charge in [0.05, 0.1) is 18.1 Å². The van der Waals surface area contributed by atoms with Crippen molar-refractivity contribution in [2.24, 2.45) is 5.92 Å². The Hall–Kier alpha value is -3.63. The van der Waals surface area contributed by atoms with E-state index in [2.05, 4.69) is 15.1 Å². The predicted molar refractivity (Wildman–Crippen MR) is 112 cm³/mol. The molecule has 0 amide bonds. The van der Waals surface area contributed by atoms with Gasteiger partial charge in [-0.2, -0.15) is 18.2 Å². The third kappa shape index (κ3) is 3.95. The van der Waals surface area contributed by atoms with Crippen molar-refractivity contribution < 1.29 is 32.0 Å². The molecule has 0 spiro atoms. The van der Waals surface area contributed by atoms with Crippen LogP contribution in [0.5, 0.6) is 5.88 Å². The molecule has 4 heterocycles. The number of Topliss-reactive ketones (excluding diaryl/α,β-unsaturated/α-hetero) is 1. The average Bonchev–Trinajstić information content (AvgIpc) is 3.50. The normalized spacial score (nSPS) is 19.4. The molecule has 34 heavy (non-hydrogen) atoms. The second-order valence-corrected chi connectivity index (χ2v) is 8.58. The van der Waals surface area contributed by atoms with Gasteiger partial charge in [-0.3, -0.25) is 9.20 Å². The van der Waals surface area contributed by atoms with Crippen LogP contribution >= 0.6 is 0 Å². The molecule has 0 radical (unpaired) electrons. The fraction of sp³-hybridized carbons (Fsp3) is 0.391. The SMILES string of the molecule is Cc1noc(C2CCCC(C(=O)c3nc4c(C(F)(F)F)cc(-c5ccoc5)cn4c3O)CC2)n1. The lowest BCUT2D eigenvalue weighted by molar-refractivity contribution is -0.136. The highest BCUT2D eigenvalue weighted by Crippen LogP contribution is 2.39. The molecule has 2 atom stereocenters. The van der Waals surface area contributed by atoms with Crippen molar-refractivity contribution in [3.05, 3.63) is 53.8 Å². The van der Waals surface area contributed by atoms with Crippen molar-refractivity contribution in [2.75, 3.05) is 0 Å². The minimum Gasteiger partial charge on any atom is -0.493 e. The van der Waals surface area contributed by atoms with E-state index in [0.29, 0.717) is 43.0 Å². The first-order chi connectivity index (χ1) is 16.2. The molecular weight excluding hydrogens is 453 g/mol. The summed E-state index contributed by atoms with van der Waals surface area (Å²) in [5.74, 6) is -0.472. The third-order valence-electron chi connectivity index (χ3n) is 6.32. The number of halogens is 3. The van der Waals surface area contributed by atoms with Gasteiger partial charge < -0.3 is 14.0 Å². The second kappa shape index (κ2) is 8.30. The Balaban J connectivity index is 1.48. The number of imidazole rings is 1. The van der Waals surface area contributed by atoms with Crippen LogP contribution in [-0.2, 0) is 6.18 Å². The van der Waals surface area contributed by atoms with E-state index in [1.54, 1.807) is 6.92 Å². The Labute approximate surface area is 191 Å². The number of nitrogens with zero attached hydrogens (tertiary/aromatic N) is 4. The van der Waals surface area contributed by atoms with Crippen molar-refractivity contribution in [3.63, 3.8) is 0 Å². The van der Waals surface area contributed by atoms with Crippen LogP contribution in [0.2, 0.25) is 0 Å². The predicted octanol–water partition coefficient (Wildman–Crippen LogP) is 5.56. The molecule has 0 aromatic carbocycles. The van der Waals surface area contributed by atoms with Crippen LogP contribution < -0.4 is 0 Å². The summed E-state index contributed by atoms with van der Waals surface area (Å²) in [5.41, 5.74) is -1.35. The highest BCUT2D eigenvalue weighted by Gasteiger charge is 2.37. The Morgan fingerprint density at radius 1 is 1.18 bits per heavy atom. The van der Waals surface area contributed by atoms with Gasteiger partial charge in [-0.05, 0) is 44.7 Å². The molecule has 5 rings (SSSR count). The van der Waals surface area contributed by atoms with Crippen molar-refractivity contribution >= 4 is 11.4 Å². The monoisotopic (exact) mass is 474 g/mol. The molecule has 1 fully saturated rings. The molecule has 1 aliphatic rings. The number of hydrogen-bond donors (Lipinski definition) is 1. The van der Waals surface area contributed by atoms with Gasteiger partial charge in [0.25, 0.3) is 0 Å². The molecule has 2 unspecified atom stereocenters. The molecule has 4 aromatic rings. The number of hydrogen-bond acceptors (Lipinski definition) is 7. The maximum Gasteiger partial charge on any atom is 0.420 e. The van der Waals surface area contributed by atoms with E-state index in [0.717, 1.165) is 16.9 Å². The molecular formula is C23H21F3N4O4. The molecule has 0 saturated heterocycles. The van der Waals surface area contributed by atoms with E-state index in [1.807, 2.05) is 0 Å². The summed E-state index contributed by atoms with van der Waals surface area (Å²) in [7, 11) is 0. The quantitative estimate of drug-likeness (QED) is 0.305. The summed E-state index contributed by atoms with van der Waals surface area (Å²) >= 11 is 0. The lowest BCUT2D eigenvalue weighted by Gasteiger charge is -2.11. The van der Waals surface area contributed by atoms with Crippen LogP contribution in [-0.4, -0.2) is 30.4 Å². The molecule has 0 aliphatic heterocycles. The van der Waals surface area contributed by atoms with Gasteiger partial charge in [-0.25, -0.2) is 4.98 Å². The summed E-state index contributed by atoms with van der Waals surface area (Å²) in [5, 5.41) is 14.6. The molecule has 4 aromatic heterocycles. The zero-order valence-electron chi connectivity index (χ0n) is 18.2. The average molecular weight is 474 g/mol. The van der Waals surface area contributed by atoms with Crippen LogP contribution in [0.25, 0.3) is 16.8 Å². The maximum atomic E-state index is 13.8. The Bertz CT molecular complexity index is 1340. The molecule has 178 valence electrons. The van der Waals surface area contributed by atoms with Crippen LogP contribution in [0.3, 0.4) is 0 Å². The number of aromatic nitrogens is 4. The van der Waals surface area contributed by atoms with E-state index in [9.17, 15) is 23.1 Å². The molecule has 11 heteroatoms. The fourth-order valence-electron chi connectivity index (χ4n) is 4.58. The number of carbonyl (C=O) groups excluding carboxylic acids is 1. The molecule has 0 bridgehead atoms. The van der Waals surface area contributed by atoms with E-state index in [-0.39, 0.29) is 17.2 Å². The highest BCUT2D eigenvalue weighted by molar-refractivity contribution is 5.99. The Kier molecular flexibility index (Phi) is 5.41. The van der Waals surface area contributed by atoms with Crippen molar-refractivity contribution in [1.82, 2.24) is 19.5 Å². The second-order valence-electron chi connectivity index (χ2n) is 8.58. The molecule has 1 N–H and O–H groups in total. The number of pyridine rings is 1. The van der Waals surface area contributed by atoms with E-state index in [1.165, 1.54) is 24.8 Å². The van der Waals surface area contributed by atoms with Crippen molar-refractivity contribution in [3.8, 4) is 17.0 Å². The largest absolute Gasteiger partial charge is 0.493 e. The van der Waals surface area contributed by atoms with E-state index in [4.69, 9.17) is 8.94 Å². The zero-order valence-corrected chi connectivity index (χ0v) is 18.2. The first-order valence-corrected chi connectivity index (χ1v) is 10.9. The van der Waals surface area contributed by atoms with E-state index >= 15 is 0 Å². The summed E-state index contributed by atoms with van der Waals surface area (Å²) in [6.45, 7) is 1.73. The number of rotatable bonds is 4. The summed E-state index contributed by atoms with van der Waals surface area (Å²) < 4.78 is 52.7. The zero-order chi connectivity index (χ0) is 24.0. The van der Waals surface area contributed by atoms with Crippen LogP contribution in [0, 0.1) is 12.8 Å². The van der Waals surface area contributed by atoms with E-state index < -0.39 is 35.0 Å². The number of alkyl halides is 3. The fourth-order valence-corrected chi connectivity index (χ4v) is 4.58. The minimum absolute atomic E-state index is 0.0167. The topological polar surface area (TPSA) is 107 Å². The summed E-state index contributed by atoms with van der Waals surface area (Å²) in [6.07, 6.45) is 2.30. The van der Waals surface area contributed by atoms with Crippen LogP contribution in [0.4, 0.5) is 13.2 Å². The van der Waals surface area contributed by atoms with Gasteiger partial charge in [-0.15, -0.1) is 0 Å². The minimum atomic E-state index is -4.74. The number of fused-ring (bicyclic) bond motifs is 1. The number of carbonyl (C=O) groups is 1. The van der Waals surface area contributed by atoms with Gasteiger partial charge in [0.2, 0.25) is 11.8 Å². The number of aryl methyl sites for hydroxylation is 1. The van der Waals surface area contributed by atoms with Gasteiger partial charge in [-0.1, -0.05) is 11.6 Å². The first kappa shape index (κ1) is 22.2. The summed E-state index contributed by atoms with van der Waals surface area (Å²) in [4.78, 5) is 21.5. The lowest BCUT2D eigenvalue weighted by Crippen LogP contribution is -2.15. The lowest BCUT2D eigenvalue weighted by atomic mass is 9.93. The van der Waals surface area contributed by atoms with Crippen LogP contribution in [0.1, 0.15) is 65.8 Å². The Morgan fingerprint density at radius 3 is 2.68 bits per heavy atom.